The molecule has 7 aliphatic heterocycles. The summed E-state index contributed by atoms with van der Waals surface area (Å²) < 4.78 is 128. The number of hydrogen-bond acceptors (Lipinski definition) is 17. The van der Waals surface area contributed by atoms with Gasteiger partial charge in [-0.25, -0.2) is 13.2 Å². The van der Waals surface area contributed by atoms with Crippen molar-refractivity contribution in [2.45, 2.75) is 328 Å². The Kier molecular flexibility index (Phi) is 30.6. The van der Waals surface area contributed by atoms with Crippen LogP contribution in [0.15, 0.2) is 218 Å². The van der Waals surface area contributed by atoms with Crippen LogP contribution in [0, 0.1) is 11.8 Å². The first-order valence-electron chi connectivity index (χ1n) is 44.3. The topological polar surface area (TPSA) is 195 Å². The molecule has 7 heterocycles. The zero-order valence-corrected chi connectivity index (χ0v) is 78.2. The van der Waals surface area contributed by atoms with Crippen LogP contribution in [-0.4, -0.2) is 203 Å². The number of hydrogen-bond donors (Lipinski definition) is 1. The lowest BCUT2D eigenvalue weighted by Crippen LogP contribution is -2.73. The van der Waals surface area contributed by atoms with Gasteiger partial charge < -0.3 is 65.8 Å². The summed E-state index contributed by atoms with van der Waals surface area (Å²) in [5, 5.41) is 15.9. The summed E-state index contributed by atoms with van der Waals surface area (Å²) in [7, 11) is -12.2. The van der Waals surface area contributed by atoms with Gasteiger partial charge in [0.15, 0.2) is 18.2 Å². The fraction of sp³-hybridized carbons (Fsp3) is 0.582. The normalized spacial score (nSPS) is 29.6. The molecule has 0 aliphatic carbocycles. The maximum atomic E-state index is 16.6. The molecule has 7 fully saturated rings. The molecule has 120 heavy (non-hydrogen) atoms. The minimum Gasteiger partial charge on any atom is -0.444 e. The van der Waals surface area contributed by atoms with Crippen LogP contribution < -0.4 is 20.7 Å². The second-order valence-electron chi connectivity index (χ2n) is 38.1. The number of nitrogens with zero attached hydrogens (tertiary/aromatic N) is 1. The van der Waals surface area contributed by atoms with Crippen LogP contribution in [0.4, 0.5) is 4.79 Å². The van der Waals surface area contributed by atoms with Crippen molar-refractivity contribution >= 4 is 61.6 Å². The SMILES string of the molecule is C=CCOC/C=C/[C@H]1CC(=C)[C@H](CC[C@H]2C[C@@H](C)C(=C)[C@@H](C[C@@H]3O[C@H](C[C@H]4CN(C(=O)OC(C)(C)C)C(C)(C)O4)[C@H](OC)[C@H]3[C@@H](C(O)C[C@H]3CC[C@@H]4O[C@@H]5[C@@H](O[C@H](CC(C=C)O[Si](CC)(CC)CC)[C@@H]5O[Si](c5ccccc5)(c5ccccc5)C(C)(C)C)[C@@H](O[Si](c5ccccc5)(c5ccccc5)C(C)(C)C)[C@H]4O3)S(=O)(=O)c3ccccc3)O2)O1. The molecule has 22 heteroatoms. The molecular weight excluding hydrogens is 1580 g/mol. The van der Waals surface area contributed by atoms with Crippen LogP contribution in [0.5, 0.6) is 0 Å². The Morgan fingerprint density at radius 1 is 0.625 bits per heavy atom. The number of amides is 1. The first-order chi connectivity index (χ1) is 57.1. The van der Waals surface area contributed by atoms with Gasteiger partial charge in [0.2, 0.25) is 0 Å². The highest BCUT2D eigenvalue weighted by atomic mass is 32.2. The van der Waals surface area contributed by atoms with E-state index in [9.17, 15) is 9.90 Å². The number of carbonyl (C=O) groups is 1. The second-order valence-corrected chi connectivity index (χ2v) is 53.5. The van der Waals surface area contributed by atoms with Gasteiger partial charge in [-0.15, -0.1) is 13.2 Å². The molecule has 5 aromatic rings. The zero-order valence-electron chi connectivity index (χ0n) is 74.3. The Balaban J connectivity index is 0.945. The predicted molar refractivity (Wildman–Crippen MR) is 483 cm³/mol. The van der Waals surface area contributed by atoms with Gasteiger partial charge in [-0.05, 0) is 145 Å². The Hall–Kier alpha value is -5.85. The van der Waals surface area contributed by atoms with Crippen molar-refractivity contribution in [2.75, 3.05) is 26.9 Å². The molecule has 1 N–H and O–H groups in total. The Bertz CT molecular complexity index is 4240. The van der Waals surface area contributed by atoms with E-state index in [0.29, 0.717) is 51.7 Å². The smallest absolute Gasteiger partial charge is 0.412 e. The maximum absolute atomic E-state index is 16.6. The van der Waals surface area contributed by atoms with Crippen molar-refractivity contribution in [1.82, 2.24) is 4.90 Å². The van der Waals surface area contributed by atoms with Crippen molar-refractivity contribution in [3.63, 3.8) is 0 Å². The van der Waals surface area contributed by atoms with Gasteiger partial charge in [0, 0.05) is 45.1 Å². The van der Waals surface area contributed by atoms with E-state index in [1.54, 1.807) is 48.4 Å². The van der Waals surface area contributed by atoms with Gasteiger partial charge in [-0.3, -0.25) is 4.90 Å². The summed E-state index contributed by atoms with van der Waals surface area (Å²) in [4.78, 5) is 15.7. The zero-order chi connectivity index (χ0) is 86.3. The highest BCUT2D eigenvalue weighted by Crippen LogP contribution is 2.52. The Morgan fingerprint density at radius 3 is 1.70 bits per heavy atom. The van der Waals surface area contributed by atoms with Crippen molar-refractivity contribution in [3.8, 4) is 0 Å². The molecule has 7 saturated heterocycles. The van der Waals surface area contributed by atoms with Crippen molar-refractivity contribution in [1.29, 1.82) is 0 Å². The van der Waals surface area contributed by atoms with E-state index >= 15 is 8.42 Å². The molecule has 656 valence electrons. The third-order valence-corrected chi connectivity index (χ3v) is 43.7. The molecular formula is C98H139NO17SSi3. The van der Waals surface area contributed by atoms with Gasteiger partial charge in [0.25, 0.3) is 16.6 Å². The first-order valence-corrected chi connectivity index (χ1v) is 52.2. The average molecular weight is 1720 g/mol. The third-order valence-electron chi connectivity index (χ3n) is 26.7. The number of carbonyl (C=O) groups excluding carboxylic acids is 1. The summed E-state index contributed by atoms with van der Waals surface area (Å²) in [5.74, 6) is -1.01. The quantitative estimate of drug-likeness (QED) is 0.0228. The molecule has 0 aromatic heterocycles. The number of methoxy groups -OCH3 is 1. The average Bonchev–Trinajstić information content (AvgIpc) is 1.54. The van der Waals surface area contributed by atoms with Gasteiger partial charge >= 0.3 is 6.09 Å². The van der Waals surface area contributed by atoms with Crippen LogP contribution in [-0.2, 0) is 70.5 Å². The number of rotatable bonds is 35. The summed E-state index contributed by atoms with van der Waals surface area (Å²) >= 11 is 0. The van der Waals surface area contributed by atoms with Gasteiger partial charge in [0.05, 0.1) is 109 Å². The number of aliphatic hydroxyl groups excluding tert-OH is 1. The Morgan fingerprint density at radius 2 is 1.18 bits per heavy atom. The van der Waals surface area contributed by atoms with Crippen LogP contribution in [0.2, 0.25) is 28.2 Å². The molecule has 0 spiro atoms. The minimum atomic E-state index is -4.54. The molecule has 18 nitrogen and oxygen atoms in total. The van der Waals surface area contributed by atoms with Crippen molar-refractivity contribution in [3.05, 3.63) is 213 Å². The van der Waals surface area contributed by atoms with Gasteiger partial charge in [-0.2, -0.15) is 0 Å². The number of aliphatic hydroxyl groups is 1. The summed E-state index contributed by atoms with van der Waals surface area (Å²) in [6.45, 7) is 50.3. The standard InChI is InChI=1S/C98H139NO17SSi3/c1-21-57-105-58-41-42-70-60-67(7)80(106-70)55-53-71-59-66(6)68(8)82(107-71)64-83-86(87(104-20)84(109-83)63-73-65-99(98(18,19)112-73)94(101)113-95(9,10)11)93(117(102,103)74-43-31-26-32-44-74)79(100)61-72-54-56-81-88(108-72)92(116-120(97(15,16)17,77-49-37-29-38-50-77)78-51-39-30-40-52-78)91-90(110-81)89(85(111-91)62-69(22-2)114-118(23-3,24-4)25-5)115-119(96(12,13)14,75-45-33-27-34-46-75)76-47-35-28-36-48-76/h21-22,26-52,66,69-73,79-93,100H,1-2,7-8,23-25,53-65H2,3-6,9-20H3/b42-41+/t66-,69?,70+,71+,72-,73+,79?,80+,81+,82-,83+,84-,85-,86+,87+,88+,89+,90+,91-,92+,93-/m1/s1. The van der Waals surface area contributed by atoms with E-state index in [4.69, 9.17) is 67.2 Å². The van der Waals surface area contributed by atoms with Crippen LogP contribution >= 0.6 is 0 Å². The van der Waals surface area contributed by atoms with E-state index in [1.165, 1.54) is 0 Å². The number of benzene rings is 5. The van der Waals surface area contributed by atoms with E-state index in [2.05, 4.69) is 198 Å². The molecule has 12 rings (SSSR count). The lowest BCUT2D eigenvalue weighted by Gasteiger charge is -2.53. The van der Waals surface area contributed by atoms with Crippen LogP contribution in [0.1, 0.15) is 168 Å². The monoisotopic (exact) mass is 1720 g/mol. The predicted octanol–water partition coefficient (Wildman–Crippen LogP) is 16.7. The molecule has 0 bridgehead atoms. The van der Waals surface area contributed by atoms with Crippen molar-refractivity contribution < 1.29 is 79.0 Å². The third kappa shape index (κ3) is 20.3. The summed E-state index contributed by atoms with van der Waals surface area (Å²) in [6, 6.07) is 54.0. The van der Waals surface area contributed by atoms with E-state index in [-0.39, 0.29) is 54.9 Å². The number of ether oxygens (including phenoxy) is 10. The molecule has 2 unspecified atom stereocenters. The molecule has 0 radical (unpaired) electrons. The van der Waals surface area contributed by atoms with E-state index in [1.807, 2.05) is 65.0 Å². The molecule has 7 aliphatic rings. The lowest BCUT2D eigenvalue weighted by molar-refractivity contribution is -0.257. The minimum absolute atomic E-state index is 0.0216. The molecule has 5 aromatic carbocycles. The molecule has 0 saturated carbocycles. The van der Waals surface area contributed by atoms with Gasteiger partial charge in [-0.1, -0.05) is 246 Å². The van der Waals surface area contributed by atoms with Crippen LogP contribution in [0.3, 0.4) is 0 Å². The fourth-order valence-corrected chi connectivity index (χ4v) is 34.9. The van der Waals surface area contributed by atoms with Crippen molar-refractivity contribution in [2.24, 2.45) is 11.8 Å². The fourth-order valence-electron chi connectivity index (χ4n) is 20.5. The Labute approximate surface area is 720 Å². The van der Waals surface area contributed by atoms with Crippen LogP contribution in [0.25, 0.3) is 0 Å². The summed E-state index contributed by atoms with van der Waals surface area (Å²) in [5.41, 5.74) is 0.0366. The molecule has 1 amide bonds. The first kappa shape index (κ1) is 93.3. The highest BCUT2D eigenvalue weighted by molar-refractivity contribution is 7.92. The maximum Gasteiger partial charge on any atom is 0.412 e. The summed E-state index contributed by atoms with van der Waals surface area (Å²) in [6.07, 6.45) is -0.675. The largest absolute Gasteiger partial charge is 0.444 e. The van der Waals surface area contributed by atoms with Gasteiger partial charge in [0.1, 0.15) is 41.8 Å². The number of sulfone groups is 1. The highest BCUT2D eigenvalue weighted by Gasteiger charge is 2.66. The number of fused-ring (bicyclic) bond motifs is 2. The van der Waals surface area contributed by atoms with E-state index in [0.717, 1.165) is 56.4 Å². The lowest BCUT2D eigenvalue weighted by atomic mass is 9.80. The van der Waals surface area contributed by atoms with E-state index < -0.39 is 165 Å². The second kappa shape index (κ2) is 39.4. The molecule has 21 atom stereocenters.